The molecule has 5 fully saturated rings. The van der Waals surface area contributed by atoms with Crippen LogP contribution in [0.25, 0.3) is 0 Å². The molecule has 26 heavy (non-hydrogen) atoms. The summed E-state index contributed by atoms with van der Waals surface area (Å²) in [7, 11) is 0. The lowest BCUT2D eigenvalue weighted by molar-refractivity contribution is -0.292. The number of hydrogen-bond acceptors (Lipinski definition) is 3. The maximum Gasteiger partial charge on any atom is 0.331 e. The van der Waals surface area contributed by atoms with E-state index in [2.05, 4.69) is 6.92 Å². The molecule has 1 saturated heterocycles. The fraction of sp³-hybridized carbons (Fsp3) is 0.870. The third kappa shape index (κ3) is 1.86. The first-order chi connectivity index (χ1) is 12.6. The van der Waals surface area contributed by atoms with Gasteiger partial charge in [0.15, 0.2) is 0 Å². The molecule has 0 N–H and O–H groups in total. The van der Waals surface area contributed by atoms with Gasteiger partial charge in [0.25, 0.3) is 0 Å². The van der Waals surface area contributed by atoms with Gasteiger partial charge in [-0.15, -0.1) is 0 Å². The fourth-order valence-electron chi connectivity index (χ4n) is 8.96. The number of carbonyl (C=O) groups excluding carboxylic acids is 1. The highest BCUT2D eigenvalue weighted by Crippen LogP contribution is 2.70. The molecule has 3 heteroatoms. The second-order valence-electron chi connectivity index (χ2n) is 10.5. The van der Waals surface area contributed by atoms with Gasteiger partial charge in [-0.25, -0.2) is 4.79 Å². The van der Waals surface area contributed by atoms with Gasteiger partial charge >= 0.3 is 5.97 Å². The van der Waals surface area contributed by atoms with Gasteiger partial charge in [0.05, 0.1) is 12.7 Å². The molecule has 6 rings (SSSR count). The summed E-state index contributed by atoms with van der Waals surface area (Å²) in [5, 5.41) is 0. The van der Waals surface area contributed by atoms with Gasteiger partial charge in [-0.05, 0) is 91.9 Å². The topological polar surface area (TPSA) is 35.5 Å². The summed E-state index contributed by atoms with van der Waals surface area (Å²) in [5.41, 5.74) is 2.23. The molecule has 4 aliphatic carbocycles. The first kappa shape index (κ1) is 16.2. The average molecular weight is 357 g/mol. The van der Waals surface area contributed by atoms with E-state index < -0.39 is 0 Å². The predicted molar refractivity (Wildman–Crippen MR) is 98.3 cm³/mol. The molecular formula is C23H32O3. The van der Waals surface area contributed by atoms with Crippen molar-refractivity contribution in [2.45, 2.75) is 70.8 Å². The lowest BCUT2D eigenvalue weighted by Gasteiger charge is -2.67. The van der Waals surface area contributed by atoms with Gasteiger partial charge < -0.3 is 9.47 Å². The Bertz CT molecular complexity index is 668. The van der Waals surface area contributed by atoms with Crippen molar-refractivity contribution >= 4 is 5.97 Å². The Hall–Kier alpha value is -0.830. The zero-order valence-electron chi connectivity index (χ0n) is 16.0. The summed E-state index contributed by atoms with van der Waals surface area (Å²) in [6, 6.07) is 0. The third-order valence-electron chi connectivity index (χ3n) is 10.0. The molecule has 2 unspecified atom stereocenters. The molecule has 0 aromatic carbocycles. The van der Waals surface area contributed by atoms with Crippen LogP contribution in [-0.2, 0) is 14.3 Å². The molecular weight excluding hydrogens is 324 g/mol. The zero-order chi connectivity index (χ0) is 17.5. The minimum Gasteiger partial charge on any atom is -0.458 e. The Labute approximate surface area is 156 Å². The largest absolute Gasteiger partial charge is 0.458 e. The van der Waals surface area contributed by atoms with Gasteiger partial charge in [-0.2, -0.15) is 0 Å². The number of rotatable bonds is 1. The number of cyclic esters (lactones) is 1. The van der Waals surface area contributed by atoms with Crippen molar-refractivity contribution in [1.82, 2.24) is 0 Å². The smallest absolute Gasteiger partial charge is 0.331 e. The lowest BCUT2D eigenvalue weighted by Crippen LogP contribution is -2.67. The molecule has 0 aromatic heterocycles. The van der Waals surface area contributed by atoms with Crippen LogP contribution in [0.15, 0.2) is 11.6 Å². The monoisotopic (exact) mass is 356 g/mol. The Morgan fingerprint density at radius 2 is 1.96 bits per heavy atom. The Kier molecular flexibility index (Phi) is 3.33. The Balaban J connectivity index is 1.32. The zero-order valence-corrected chi connectivity index (χ0v) is 16.0. The van der Waals surface area contributed by atoms with Gasteiger partial charge in [0.1, 0.15) is 6.61 Å². The summed E-state index contributed by atoms with van der Waals surface area (Å²) in [4.78, 5) is 11.6. The van der Waals surface area contributed by atoms with Crippen LogP contribution < -0.4 is 0 Å². The summed E-state index contributed by atoms with van der Waals surface area (Å²) >= 11 is 0. The Morgan fingerprint density at radius 3 is 2.73 bits per heavy atom. The number of esters is 1. The molecule has 0 aromatic rings. The maximum absolute atomic E-state index is 11.6. The van der Waals surface area contributed by atoms with Crippen LogP contribution in [-0.4, -0.2) is 25.3 Å². The minimum absolute atomic E-state index is 0.114. The minimum atomic E-state index is -0.114. The molecule has 0 radical (unpaired) electrons. The summed E-state index contributed by atoms with van der Waals surface area (Å²) in [6.07, 6.45) is 14.8. The summed E-state index contributed by atoms with van der Waals surface area (Å²) < 4.78 is 11.4. The van der Waals surface area contributed by atoms with Crippen LogP contribution in [0.2, 0.25) is 0 Å². The SMILES string of the molecule is C[C@]12CC[C@H]3[C@@H](CCC4CCCC5OC[C@@]453)[C@H]1CC[C@@H]2C1=CC(=O)OC1. The van der Waals surface area contributed by atoms with Crippen molar-refractivity contribution < 1.29 is 14.3 Å². The predicted octanol–water partition coefficient (Wildman–Crippen LogP) is 4.51. The van der Waals surface area contributed by atoms with Crippen LogP contribution in [0.5, 0.6) is 0 Å². The van der Waals surface area contributed by atoms with E-state index in [9.17, 15) is 4.79 Å². The fourth-order valence-corrected chi connectivity index (χ4v) is 8.96. The van der Waals surface area contributed by atoms with E-state index in [0.717, 1.165) is 30.3 Å². The quantitative estimate of drug-likeness (QED) is 0.649. The molecule has 2 heterocycles. The first-order valence-electron chi connectivity index (χ1n) is 11.1. The van der Waals surface area contributed by atoms with Crippen molar-refractivity contribution in [3.63, 3.8) is 0 Å². The van der Waals surface area contributed by atoms with E-state index in [4.69, 9.17) is 9.47 Å². The number of carbonyl (C=O) groups is 1. The highest BCUT2D eigenvalue weighted by atomic mass is 16.5. The van der Waals surface area contributed by atoms with E-state index in [1.807, 2.05) is 6.08 Å². The molecule has 0 bridgehead atoms. The first-order valence-corrected chi connectivity index (χ1v) is 11.1. The van der Waals surface area contributed by atoms with Gasteiger partial charge in [0, 0.05) is 11.5 Å². The van der Waals surface area contributed by atoms with Crippen molar-refractivity contribution in [2.24, 2.45) is 40.4 Å². The number of ether oxygens (including phenoxy) is 2. The van der Waals surface area contributed by atoms with Crippen LogP contribution in [0, 0.1) is 40.4 Å². The molecule has 142 valence electrons. The number of fused-ring (bicyclic) bond motifs is 3. The van der Waals surface area contributed by atoms with Gasteiger partial charge in [-0.1, -0.05) is 13.3 Å². The highest BCUT2D eigenvalue weighted by Gasteiger charge is 2.66. The molecule has 0 amide bonds. The van der Waals surface area contributed by atoms with E-state index in [1.54, 1.807) is 0 Å². The van der Waals surface area contributed by atoms with E-state index in [0.29, 0.717) is 29.5 Å². The molecule has 6 aliphatic rings. The maximum atomic E-state index is 11.6. The second kappa shape index (κ2) is 5.37. The molecule has 8 atom stereocenters. The van der Waals surface area contributed by atoms with Crippen molar-refractivity contribution in [3.8, 4) is 0 Å². The standard InChI is InChI=1S/C23H32O3/c1-22-10-9-19-16(6-5-15-3-2-4-20-23(15,19)13-26-20)18(22)8-7-17(22)14-11-21(24)25-12-14/h11,15-20H,2-10,12-13H2,1H3/t15?,16-,17+,18+,19-,20?,22+,23-/m0/s1. The summed E-state index contributed by atoms with van der Waals surface area (Å²) in [6.45, 7) is 4.17. The molecule has 2 aliphatic heterocycles. The summed E-state index contributed by atoms with van der Waals surface area (Å²) in [5.74, 6) is 4.07. The normalized spacial score (nSPS) is 55.0. The van der Waals surface area contributed by atoms with Crippen molar-refractivity contribution in [2.75, 3.05) is 13.2 Å². The van der Waals surface area contributed by atoms with Crippen LogP contribution >= 0.6 is 0 Å². The average Bonchev–Trinajstić information content (AvgIpc) is 3.19. The number of hydrogen-bond donors (Lipinski definition) is 0. The third-order valence-corrected chi connectivity index (χ3v) is 10.0. The molecule has 3 nitrogen and oxygen atoms in total. The highest BCUT2D eigenvalue weighted by molar-refractivity contribution is 5.85. The Morgan fingerprint density at radius 1 is 1.04 bits per heavy atom. The van der Waals surface area contributed by atoms with Crippen molar-refractivity contribution in [3.05, 3.63) is 11.6 Å². The molecule has 1 spiro atoms. The van der Waals surface area contributed by atoms with Gasteiger partial charge in [0.2, 0.25) is 0 Å². The molecule has 4 saturated carbocycles. The second-order valence-corrected chi connectivity index (χ2v) is 10.5. The lowest BCUT2D eigenvalue weighted by atomic mass is 9.42. The van der Waals surface area contributed by atoms with Crippen LogP contribution in [0.4, 0.5) is 0 Å². The van der Waals surface area contributed by atoms with Crippen LogP contribution in [0.1, 0.15) is 64.7 Å². The van der Waals surface area contributed by atoms with Gasteiger partial charge in [-0.3, -0.25) is 0 Å². The van der Waals surface area contributed by atoms with E-state index in [1.165, 1.54) is 63.4 Å². The van der Waals surface area contributed by atoms with E-state index >= 15 is 0 Å². The van der Waals surface area contributed by atoms with Crippen LogP contribution in [0.3, 0.4) is 0 Å². The van der Waals surface area contributed by atoms with E-state index in [-0.39, 0.29) is 5.97 Å². The van der Waals surface area contributed by atoms with Crippen molar-refractivity contribution in [1.29, 1.82) is 0 Å².